The number of carboxylic acid groups (broad SMARTS) is 1. The number of carbonyl (C=O) groups excluding carboxylic acids is 1. The van der Waals surface area contributed by atoms with Crippen molar-refractivity contribution in [2.75, 3.05) is 0 Å². The number of halogens is 16. The Morgan fingerprint density at radius 2 is 1.09 bits per heavy atom. The molecule has 1 atom stereocenters. The maximum absolute atomic E-state index is 14.0. The molecule has 21 heteroatoms. The molecule has 0 aromatic heterocycles. The van der Waals surface area contributed by atoms with Gasteiger partial charge in [0.1, 0.15) is 12.6 Å². The lowest BCUT2D eigenvalue weighted by Crippen LogP contribution is -2.70. The van der Waals surface area contributed by atoms with Crippen LogP contribution in [0.25, 0.3) is 0 Å². The van der Waals surface area contributed by atoms with Crippen molar-refractivity contribution in [3.05, 3.63) is 70.8 Å². The Morgan fingerprint density at radius 3 is 1.53 bits per heavy atom. The normalized spacial score (nSPS) is 14.5. The van der Waals surface area contributed by atoms with E-state index in [0.29, 0.717) is 12.1 Å². The molecule has 0 unspecified atom stereocenters. The number of rotatable bonds is 13. The third-order valence-electron chi connectivity index (χ3n) is 6.43. The van der Waals surface area contributed by atoms with E-state index < -0.39 is 97.1 Å². The minimum absolute atomic E-state index is 0.0103. The summed E-state index contributed by atoms with van der Waals surface area (Å²) in [6.45, 7) is -0.665. The van der Waals surface area contributed by atoms with Crippen LogP contribution in [-0.2, 0) is 35.2 Å². The topological polar surface area (TPSA) is 75.6 Å². The highest BCUT2D eigenvalue weighted by Gasteiger charge is 2.90. The molecule has 0 aliphatic rings. The van der Waals surface area contributed by atoms with Gasteiger partial charge < -0.3 is 15.2 Å². The molecule has 0 heterocycles. The molecule has 0 saturated carbocycles. The van der Waals surface area contributed by atoms with E-state index in [9.17, 15) is 84.9 Å². The van der Waals surface area contributed by atoms with Crippen molar-refractivity contribution in [2.24, 2.45) is 0 Å². The third-order valence-corrected chi connectivity index (χ3v) is 6.43. The first-order valence-electron chi connectivity index (χ1n) is 12.4. The number of aryl methyl sites for hydroxylation is 1. The highest BCUT2D eigenvalue weighted by molar-refractivity contribution is 5.80. The molecule has 0 fully saturated rings. The van der Waals surface area contributed by atoms with E-state index in [1.807, 2.05) is 5.32 Å². The highest BCUT2D eigenvalue weighted by atomic mass is 19.4. The average molecular weight is 713 g/mol. The Hall–Kier alpha value is -3.94. The predicted octanol–water partition coefficient (Wildman–Crippen LogP) is 8.30. The Kier molecular flexibility index (Phi) is 11.1. The number of hydrogen-bond acceptors (Lipinski definition) is 3. The average Bonchev–Trinajstić information content (AvgIpc) is 2.94. The van der Waals surface area contributed by atoms with Gasteiger partial charge in [0.15, 0.2) is 0 Å². The van der Waals surface area contributed by atoms with Gasteiger partial charge in [0, 0.05) is 12.8 Å². The smallest absolute Gasteiger partial charge is 0.460 e. The van der Waals surface area contributed by atoms with Crippen LogP contribution in [-0.4, -0.2) is 59.0 Å². The summed E-state index contributed by atoms with van der Waals surface area (Å²) < 4.78 is 215. The molecule has 0 radical (unpaired) electrons. The molecule has 47 heavy (non-hydrogen) atoms. The van der Waals surface area contributed by atoms with Crippen molar-refractivity contribution >= 4 is 12.1 Å². The number of alkyl halides is 16. The molecule has 0 bridgehead atoms. The monoisotopic (exact) mass is 713 g/mol. The molecule has 0 aliphatic carbocycles. The van der Waals surface area contributed by atoms with Crippen molar-refractivity contribution in [1.29, 1.82) is 0 Å². The van der Waals surface area contributed by atoms with Gasteiger partial charge in [-0.05, 0) is 35.2 Å². The molecule has 2 aromatic rings. The maximum atomic E-state index is 14.0. The number of aliphatic carboxylic acids is 1. The van der Waals surface area contributed by atoms with Crippen LogP contribution < -0.4 is 5.32 Å². The largest absolute Gasteiger partial charge is 0.480 e. The van der Waals surface area contributed by atoms with Crippen LogP contribution in [0.1, 0.15) is 28.7 Å². The van der Waals surface area contributed by atoms with Gasteiger partial charge in [0.2, 0.25) is 0 Å². The first kappa shape index (κ1) is 39.2. The zero-order valence-electron chi connectivity index (χ0n) is 22.7. The number of benzene rings is 2. The number of carboxylic acids is 1. The van der Waals surface area contributed by atoms with Crippen molar-refractivity contribution in [3.8, 4) is 0 Å². The van der Waals surface area contributed by atoms with E-state index in [-0.39, 0.29) is 11.1 Å². The standard InChI is InChI=1S/C26H19F16NO4/c27-20(28,22(32,33)23(34,35)24(36,37)25(38,39)26(40,41)42)10-9-13-1-3-15(4-2-13)12-47-19(46)43-17(18(44)45)11-14-5-7-16(8-6-14)21(29,30)31/h1-8,17H,9-12H2,(H,43,46)(H,44,45)/t17-/m0/s1. The van der Waals surface area contributed by atoms with E-state index in [2.05, 4.69) is 0 Å². The first-order chi connectivity index (χ1) is 21.1. The van der Waals surface area contributed by atoms with Gasteiger partial charge in [-0.1, -0.05) is 36.4 Å². The van der Waals surface area contributed by atoms with Gasteiger partial charge in [-0.2, -0.15) is 70.2 Å². The lowest BCUT2D eigenvalue weighted by molar-refractivity contribution is -0.440. The van der Waals surface area contributed by atoms with E-state index in [0.717, 1.165) is 36.4 Å². The van der Waals surface area contributed by atoms with Crippen LogP contribution in [0.5, 0.6) is 0 Å². The Balaban J connectivity index is 2.02. The SMILES string of the molecule is O=C(N[C@@H](Cc1ccc(C(F)(F)F)cc1)C(=O)O)OCc1ccc(CCC(F)(F)C(F)(F)C(F)(F)C(F)(F)C(F)(F)C(F)(F)F)cc1. The number of carbonyl (C=O) groups is 2. The second-order valence-corrected chi connectivity index (χ2v) is 9.83. The molecule has 2 rings (SSSR count). The zero-order valence-corrected chi connectivity index (χ0v) is 22.7. The minimum Gasteiger partial charge on any atom is -0.480 e. The number of ether oxygens (including phenoxy) is 1. The lowest BCUT2D eigenvalue weighted by Gasteiger charge is -2.39. The molecular formula is C26H19F16NO4. The lowest BCUT2D eigenvalue weighted by atomic mass is 9.91. The molecule has 2 aromatic carbocycles. The van der Waals surface area contributed by atoms with Crippen LogP contribution in [0.3, 0.4) is 0 Å². The molecule has 2 N–H and O–H groups in total. The van der Waals surface area contributed by atoms with Crippen LogP contribution >= 0.6 is 0 Å². The molecule has 5 nitrogen and oxygen atoms in total. The summed E-state index contributed by atoms with van der Waals surface area (Å²) in [5, 5.41) is 11.2. The van der Waals surface area contributed by atoms with Gasteiger partial charge in [-0.3, -0.25) is 0 Å². The van der Waals surface area contributed by atoms with Crippen LogP contribution in [0, 0.1) is 0 Å². The quantitative estimate of drug-likeness (QED) is 0.205. The Labute approximate surface area is 252 Å². The Morgan fingerprint density at radius 1 is 0.638 bits per heavy atom. The molecule has 1 amide bonds. The molecule has 0 aliphatic heterocycles. The fraction of sp³-hybridized carbons (Fsp3) is 0.462. The van der Waals surface area contributed by atoms with Gasteiger partial charge in [-0.25, -0.2) is 9.59 Å². The van der Waals surface area contributed by atoms with Gasteiger partial charge in [0.05, 0.1) is 5.56 Å². The van der Waals surface area contributed by atoms with Gasteiger partial charge >= 0.3 is 54.0 Å². The van der Waals surface area contributed by atoms with Crippen molar-refractivity contribution < 1.29 is 89.7 Å². The molecular weight excluding hydrogens is 694 g/mol. The summed E-state index contributed by atoms with van der Waals surface area (Å²) in [6, 6.07) is 5.25. The molecule has 264 valence electrons. The summed E-state index contributed by atoms with van der Waals surface area (Å²) in [5.74, 6) is -39.0. The molecule has 0 saturated heterocycles. The highest BCUT2D eigenvalue weighted by Crippen LogP contribution is 2.60. The van der Waals surface area contributed by atoms with Crippen LogP contribution in [0.4, 0.5) is 75.0 Å². The van der Waals surface area contributed by atoms with E-state index in [1.54, 1.807) is 0 Å². The zero-order chi connectivity index (χ0) is 36.4. The minimum atomic E-state index is -7.99. The van der Waals surface area contributed by atoms with Crippen LogP contribution in [0.15, 0.2) is 48.5 Å². The van der Waals surface area contributed by atoms with E-state index in [1.165, 1.54) is 0 Å². The number of amides is 1. The summed E-state index contributed by atoms with van der Waals surface area (Å²) in [6.07, 6.45) is -17.8. The van der Waals surface area contributed by atoms with Crippen molar-refractivity contribution in [3.63, 3.8) is 0 Å². The van der Waals surface area contributed by atoms with E-state index in [4.69, 9.17) is 4.74 Å². The van der Waals surface area contributed by atoms with Gasteiger partial charge in [0.25, 0.3) is 0 Å². The summed E-state index contributed by atoms with van der Waals surface area (Å²) >= 11 is 0. The second-order valence-electron chi connectivity index (χ2n) is 9.83. The van der Waals surface area contributed by atoms with Gasteiger partial charge in [-0.15, -0.1) is 0 Å². The number of hydrogen-bond donors (Lipinski definition) is 2. The third kappa shape index (κ3) is 8.32. The van der Waals surface area contributed by atoms with Crippen molar-refractivity contribution in [2.45, 2.75) is 73.9 Å². The second kappa shape index (κ2) is 13.3. The van der Waals surface area contributed by atoms with Crippen molar-refractivity contribution in [1.82, 2.24) is 5.32 Å². The van der Waals surface area contributed by atoms with E-state index >= 15 is 0 Å². The summed E-state index contributed by atoms with van der Waals surface area (Å²) in [4.78, 5) is 23.5. The Bertz CT molecular complexity index is 1390. The van der Waals surface area contributed by atoms with Crippen LogP contribution in [0.2, 0.25) is 0 Å². The molecule has 0 spiro atoms. The predicted molar refractivity (Wildman–Crippen MR) is 125 cm³/mol. The number of alkyl carbamates (subject to hydrolysis) is 1. The first-order valence-corrected chi connectivity index (χ1v) is 12.4. The maximum Gasteiger partial charge on any atom is 0.460 e. The summed E-state index contributed by atoms with van der Waals surface area (Å²) in [7, 11) is 0. The fourth-order valence-electron chi connectivity index (χ4n) is 3.66. The number of nitrogens with one attached hydrogen (secondary N) is 1. The summed E-state index contributed by atoms with van der Waals surface area (Å²) in [5.41, 5.74) is -1.32. The fourth-order valence-corrected chi connectivity index (χ4v) is 3.66.